The van der Waals surface area contributed by atoms with Gasteiger partial charge in [0.1, 0.15) is 5.60 Å². The second kappa shape index (κ2) is 7.27. The molecule has 1 saturated heterocycles. The first kappa shape index (κ1) is 17.7. The van der Waals surface area contributed by atoms with Crippen molar-refractivity contribution in [2.24, 2.45) is 0 Å². The lowest BCUT2D eigenvalue weighted by atomic mass is 10.2. The first-order valence-electron chi connectivity index (χ1n) is 7.94. The highest BCUT2D eigenvalue weighted by atomic mass is 16.6. The van der Waals surface area contributed by atoms with Crippen molar-refractivity contribution in [3.63, 3.8) is 0 Å². The molecule has 0 bridgehead atoms. The average Bonchev–Trinajstić information content (AvgIpc) is 2.88. The number of pyridine rings is 1. The molecular weight excluding hydrogens is 294 g/mol. The van der Waals surface area contributed by atoms with E-state index in [1.165, 1.54) is 0 Å². The van der Waals surface area contributed by atoms with Crippen LogP contribution in [0.4, 0.5) is 4.79 Å². The summed E-state index contributed by atoms with van der Waals surface area (Å²) in [4.78, 5) is 18.2. The molecule has 1 aliphatic heterocycles. The molecule has 6 nitrogen and oxygen atoms in total. The minimum absolute atomic E-state index is 0.0408. The highest BCUT2D eigenvalue weighted by molar-refractivity contribution is 5.68. The maximum Gasteiger partial charge on any atom is 0.410 e. The van der Waals surface area contributed by atoms with Crippen LogP contribution in [0.15, 0.2) is 18.3 Å². The number of nitrogens with zero attached hydrogens (tertiary/aromatic N) is 2. The largest absolute Gasteiger partial charge is 0.444 e. The number of likely N-dealkylation sites (tertiary alicyclic amines) is 1. The van der Waals surface area contributed by atoms with Crippen LogP contribution in [0.25, 0.3) is 0 Å². The topological polar surface area (TPSA) is 63.7 Å². The first-order valence-corrected chi connectivity index (χ1v) is 7.94. The number of aromatic nitrogens is 1. The van der Waals surface area contributed by atoms with Crippen molar-refractivity contribution in [2.75, 3.05) is 20.2 Å². The fourth-order valence-electron chi connectivity index (χ4n) is 2.54. The predicted octanol–water partition coefficient (Wildman–Crippen LogP) is 2.11. The Bertz CT molecular complexity index is 525. The monoisotopic (exact) mass is 321 g/mol. The van der Waals surface area contributed by atoms with Gasteiger partial charge in [0.05, 0.1) is 18.7 Å². The Morgan fingerprint density at radius 1 is 1.39 bits per heavy atom. The second-order valence-corrected chi connectivity index (χ2v) is 6.95. The van der Waals surface area contributed by atoms with E-state index in [0.29, 0.717) is 19.6 Å². The molecule has 0 saturated carbocycles. The van der Waals surface area contributed by atoms with Crippen molar-refractivity contribution in [1.29, 1.82) is 0 Å². The Labute approximate surface area is 138 Å². The fourth-order valence-corrected chi connectivity index (χ4v) is 2.54. The van der Waals surface area contributed by atoms with Gasteiger partial charge >= 0.3 is 6.09 Å². The van der Waals surface area contributed by atoms with Crippen LogP contribution in [0, 0.1) is 6.92 Å². The summed E-state index contributed by atoms with van der Waals surface area (Å²) in [7, 11) is 1.67. The molecule has 2 atom stereocenters. The van der Waals surface area contributed by atoms with Gasteiger partial charge in [0.2, 0.25) is 0 Å². The maximum atomic E-state index is 12.2. The van der Waals surface area contributed by atoms with E-state index in [0.717, 1.165) is 11.3 Å². The van der Waals surface area contributed by atoms with Crippen LogP contribution in [0.1, 0.15) is 32.0 Å². The highest BCUT2D eigenvalue weighted by Gasteiger charge is 2.37. The van der Waals surface area contributed by atoms with E-state index in [-0.39, 0.29) is 18.2 Å². The van der Waals surface area contributed by atoms with Gasteiger partial charge in [-0.3, -0.25) is 4.98 Å². The van der Waals surface area contributed by atoms with Gasteiger partial charge < -0.3 is 19.7 Å². The molecule has 0 aliphatic carbocycles. The van der Waals surface area contributed by atoms with Crippen molar-refractivity contribution in [1.82, 2.24) is 15.2 Å². The summed E-state index contributed by atoms with van der Waals surface area (Å²) in [5, 5.41) is 3.45. The number of carbonyl (C=O) groups excluding carboxylic acids is 1. The molecule has 0 spiro atoms. The number of amides is 1. The molecule has 1 N–H and O–H groups in total. The normalized spacial score (nSPS) is 21.5. The minimum Gasteiger partial charge on any atom is -0.444 e. The van der Waals surface area contributed by atoms with Crippen LogP contribution in [-0.4, -0.2) is 53.9 Å². The third-order valence-corrected chi connectivity index (χ3v) is 3.76. The summed E-state index contributed by atoms with van der Waals surface area (Å²) in [5.41, 5.74) is 1.63. The quantitative estimate of drug-likeness (QED) is 0.920. The number of hydrogen-bond donors (Lipinski definition) is 1. The van der Waals surface area contributed by atoms with Gasteiger partial charge in [0, 0.05) is 32.1 Å². The molecule has 1 unspecified atom stereocenters. The van der Waals surface area contributed by atoms with Gasteiger partial charge in [-0.1, -0.05) is 6.07 Å². The van der Waals surface area contributed by atoms with Gasteiger partial charge in [-0.15, -0.1) is 0 Å². The molecule has 2 heterocycles. The number of aryl methyl sites for hydroxylation is 1. The SMILES string of the molecule is CO[C@H]1CN(C(=O)OC(C)(C)C)CC1NCc1ccc(C)nc1. The van der Waals surface area contributed by atoms with E-state index in [1.807, 2.05) is 40.0 Å². The molecule has 1 fully saturated rings. The smallest absolute Gasteiger partial charge is 0.410 e. The minimum atomic E-state index is -0.487. The van der Waals surface area contributed by atoms with E-state index in [9.17, 15) is 4.79 Å². The van der Waals surface area contributed by atoms with Crippen LogP contribution in [0.3, 0.4) is 0 Å². The van der Waals surface area contributed by atoms with E-state index in [4.69, 9.17) is 9.47 Å². The first-order chi connectivity index (χ1) is 10.8. The molecule has 128 valence electrons. The van der Waals surface area contributed by atoms with Crippen molar-refractivity contribution in [3.8, 4) is 0 Å². The second-order valence-electron chi connectivity index (χ2n) is 6.95. The number of hydrogen-bond acceptors (Lipinski definition) is 5. The van der Waals surface area contributed by atoms with Crippen LogP contribution < -0.4 is 5.32 Å². The number of nitrogens with one attached hydrogen (secondary N) is 1. The lowest BCUT2D eigenvalue weighted by Gasteiger charge is -2.24. The van der Waals surface area contributed by atoms with Crippen LogP contribution in [0.5, 0.6) is 0 Å². The Kier molecular flexibility index (Phi) is 5.59. The summed E-state index contributed by atoms with van der Waals surface area (Å²) in [5.74, 6) is 0. The number of carbonyl (C=O) groups is 1. The van der Waals surface area contributed by atoms with Crippen LogP contribution in [0.2, 0.25) is 0 Å². The van der Waals surface area contributed by atoms with E-state index < -0.39 is 5.60 Å². The van der Waals surface area contributed by atoms with E-state index >= 15 is 0 Å². The van der Waals surface area contributed by atoms with Crippen molar-refractivity contribution in [2.45, 2.75) is 52.0 Å². The van der Waals surface area contributed by atoms with Crippen LogP contribution in [-0.2, 0) is 16.0 Å². The highest BCUT2D eigenvalue weighted by Crippen LogP contribution is 2.18. The lowest BCUT2D eigenvalue weighted by molar-refractivity contribution is 0.0252. The summed E-state index contributed by atoms with van der Waals surface area (Å²) in [6.07, 6.45) is 1.53. The number of ether oxygens (including phenoxy) is 2. The Hall–Kier alpha value is -1.66. The van der Waals surface area contributed by atoms with Gasteiger partial charge in [-0.2, -0.15) is 0 Å². The fraction of sp³-hybridized carbons (Fsp3) is 0.647. The van der Waals surface area contributed by atoms with Gasteiger partial charge in [0.25, 0.3) is 0 Å². The Balaban J connectivity index is 1.91. The molecule has 1 amide bonds. The zero-order valence-corrected chi connectivity index (χ0v) is 14.6. The third-order valence-electron chi connectivity index (χ3n) is 3.76. The Morgan fingerprint density at radius 2 is 2.13 bits per heavy atom. The molecule has 0 aromatic carbocycles. The summed E-state index contributed by atoms with van der Waals surface area (Å²) >= 11 is 0. The summed E-state index contributed by atoms with van der Waals surface area (Å²) < 4.78 is 10.9. The molecule has 1 aromatic rings. The maximum absolute atomic E-state index is 12.2. The third kappa shape index (κ3) is 5.18. The zero-order valence-electron chi connectivity index (χ0n) is 14.6. The molecule has 2 rings (SSSR count). The predicted molar refractivity (Wildman–Crippen MR) is 88.2 cm³/mol. The molecule has 0 radical (unpaired) electrons. The molecule has 23 heavy (non-hydrogen) atoms. The van der Waals surface area contributed by atoms with Gasteiger partial charge in [-0.25, -0.2) is 4.79 Å². The Morgan fingerprint density at radius 3 is 2.70 bits per heavy atom. The molecule has 6 heteroatoms. The van der Waals surface area contributed by atoms with E-state index in [2.05, 4.69) is 16.4 Å². The van der Waals surface area contributed by atoms with Gasteiger partial charge in [-0.05, 0) is 39.3 Å². The molecular formula is C17H27N3O3. The molecule has 1 aliphatic rings. The van der Waals surface area contributed by atoms with Crippen LogP contribution >= 0.6 is 0 Å². The summed E-state index contributed by atoms with van der Waals surface area (Å²) in [6.45, 7) is 9.38. The van der Waals surface area contributed by atoms with Crippen molar-refractivity contribution < 1.29 is 14.3 Å². The van der Waals surface area contributed by atoms with Crippen molar-refractivity contribution in [3.05, 3.63) is 29.6 Å². The standard InChI is InChI=1S/C17H27N3O3/c1-12-6-7-13(8-18-12)9-19-14-10-20(11-15(14)22-5)16(21)23-17(2,3)4/h6-8,14-15,19H,9-11H2,1-5H3/t14?,15-/m0/s1. The average molecular weight is 321 g/mol. The van der Waals surface area contributed by atoms with E-state index in [1.54, 1.807) is 12.0 Å². The molecule has 1 aromatic heterocycles. The zero-order chi connectivity index (χ0) is 17.0. The van der Waals surface area contributed by atoms with Crippen molar-refractivity contribution >= 4 is 6.09 Å². The lowest BCUT2D eigenvalue weighted by Crippen LogP contribution is -2.40. The number of methoxy groups -OCH3 is 1. The van der Waals surface area contributed by atoms with Gasteiger partial charge in [0.15, 0.2) is 0 Å². The number of rotatable bonds is 4. The summed E-state index contributed by atoms with van der Waals surface area (Å²) in [6, 6.07) is 4.12.